The highest BCUT2D eigenvalue weighted by Crippen LogP contribution is 2.39. The number of nitrogens with zero attached hydrogens (tertiary/aromatic N) is 1. The van der Waals surface area contributed by atoms with E-state index < -0.39 is 5.60 Å². The first-order valence-corrected chi connectivity index (χ1v) is 8.35. The lowest BCUT2D eigenvalue weighted by atomic mass is 9.89. The molecule has 6 nitrogen and oxygen atoms in total. The molecule has 0 radical (unpaired) electrons. The van der Waals surface area contributed by atoms with Crippen LogP contribution in [0.1, 0.15) is 37.4 Å². The molecular weight excluding hydrogens is 330 g/mol. The molecule has 1 heterocycles. The number of carbonyl (C=O) groups excluding carboxylic acids is 1. The number of fused-ring (bicyclic) bond motifs is 1. The van der Waals surface area contributed by atoms with E-state index in [1.165, 1.54) is 0 Å². The summed E-state index contributed by atoms with van der Waals surface area (Å²) in [5, 5.41) is 15.0. The van der Waals surface area contributed by atoms with Gasteiger partial charge in [-0.25, -0.2) is 4.79 Å². The van der Waals surface area contributed by atoms with Crippen LogP contribution in [0.4, 0.5) is 10.5 Å². The van der Waals surface area contributed by atoms with Crippen LogP contribution >= 0.6 is 0 Å². The lowest BCUT2D eigenvalue weighted by Gasteiger charge is -2.38. The first-order valence-electron chi connectivity index (χ1n) is 8.35. The van der Waals surface area contributed by atoms with Gasteiger partial charge in [-0.2, -0.15) is 5.26 Å². The fraction of sp³-hybridized carbons (Fsp3) is 0.300. The Morgan fingerprint density at radius 1 is 1.27 bits per heavy atom. The normalized spacial score (nSPS) is 17.2. The molecule has 1 aliphatic heterocycles. The van der Waals surface area contributed by atoms with Crippen molar-refractivity contribution in [1.29, 1.82) is 5.26 Å². The molecule has 1 aliphatic rings. The van der Waals surface area contributed by atoms with Gasteiger partial charge in [0, 0.05) is 17.7 Å². The van der Waals surface area contributed by atoms with Crippen LogP contribution in [-0.2, 0) is 0 Å². The Hall–Kier alpha value is -3.20. The highest BCUT2D eigenvalue weighted by molar-refractivity contribution is 5.89. The summed E-state index contributed by atoms with van der Waals surface area (Å²) in [5.74, 6) is 1.41. The summed E-state index contributed by atoms with van der Waals surface area (Å²) >= 11 is 0. The van der Waals surface area contributed by atoms with Crippen LogP contribution in [0.5, 0.6) is 11.5 Å². The molecule has 0 bridgehead atoms. The van der Waals surface area contributed by atoms with Gasteiger partial charge in [-0.1, -0.05) is 0 Å². The Kier molecular flexibility index (Phi) is 4.72. The summed E-state index contributed by atoms with van der Waals surface area (Å²) in [5.41, 5.74) is 1.60. The van der Waals surface area contributed by atoms with Crippen molar-refractivity contribution in [3.05, 3.63) is 53.6 Å². The summed E-state index contributed by atoms with van der Waals surface area (Å²) in [7, 11) is 1.59. The molecule has 0 saturated carbocycles. The number of rotatable bonds is 3. The maximum absolute atomic E-state index is 12.5. The van der Waals surface area contributed by atoms with Crippen LogP contribution in [0.15, 0.2) is 42.5 Å². The number of ether oxygens (including phenoxy) is 2. The Balaban J connectivity index is 1.77. The Morgan fingerprint density at radius 2 is 2.00 bits per heavy atom. The lowest BCUT2D eigenvalue weighted by molar-refractivity contribution is 0.0683. The molecule has 0 aliphatic carbocycles. The van der Waals surface area contributed by atoms with Crippen LogP contribution in [0.25, 0.3) is 0 Å². The minimum Gasteiger partial charge on any atom is -0.497 e. The summed E-state index contributed by atoms with van der Waals surface area (Å²) in [6, 6.07) is 13.9. The van der Waals surface area contributed by atoms with E-state index in [4.69, 9.17) is 14.7 Å². The van der Waals surface area contributed by atoms with E-state index in [2.05, 4.69) is 16.7 Å². The third-order valence-corrected chi connectivity index (χ3v) is 4.25. The zero-order valence-electron chi connectivity index (χ0n) is 15.0. The molecule has 2 amide bonds. The van der Waals surface area contributed by atoms with Crippen LogP contribution < -0.4 is 20.1 Å². The van der Waals surface area contributed by atoms with Gasteiger partial charge in [-0.3, -0.25) is 0 Å². The number of anilines is 1. The number of hydrogen-bond donors (Lipinski definition) is 2. The van der Waals surface area contributed by atoms with Crippen molar-refractivity contribution in [3.8, 4) is 17.6 Å². The topological polar surface area (TPSA) is 83.4 Å². The van der Waals surface area contributed by atoms with E-state index >= 15 is 0 Å². The van der Waals surface area contributed by atoms with Gasteiger partial charge in [-0.15, -0.1) is 0 Å². The maximum Gasteiger partial charge on any atom is 0.319 e. The molecule has 1 unspecified atom stereocenters. The molecule has 2 aromatic rings. The number of carbonyl (C=O) groups is 1. The SMILES string of the molecule is COc1ccc(NC(=O)NC2CC(C)(C)Oc3ccc(C#N)cc32)cc1. The third kappa shape index (κ3) is 3.89. The summed E-state index contributed by atoms with van der Waals surface area (Å²) in [6.45, 7) is 3.95. The van der Waals surface area contributed by atoms with Gasteiger partial charge < -0.3 is 20.1 Å². The van der Waals surface area contributed by atoms with E-state index in [-0.39, 0.29) is 12.1 Å². The Labute approximate surface area is 152 Å². The highest BCUT2D eigenvalue weighted by Gasteiger charge is 2.34. The maximum atomic E-state index is 12.5. The molecule has 0 spiro atoms. The molecule has 0 saturated heterocycles. The van der Waals surface area contributed by atoms with Crippen molar-refractivity contribution in [2.75, 3.05) is 12.4 Å². The number of amides is 2. The number of hydrogen-bond acceptors (Lipinski definition) is 4. The van der Waals surface area contributed by atoms with Crippen molar-refractivity contribution < 1.29 is 14.3 Å². The Morgan fingerprint density at radius 3 is 2.65 bits per heavy atom. The van der Waals surface area contributed by atoms with Gasteiger partial charge in [-0.05, 0) is 56.3 Å². The van der Waals surface area contributed by atoms with Gasteiger partial charge >= 0.3 is 6.03 Å². The smallest absolute Gasteiger partial charge is 0.319 e. The second-order valence-electron chi connectivity index (χ2n) is 6.81. The molecule has 2 N–H and O–H groups in total. The minimum atomic E-state index is -0.417. The fourth-order valence-electron chi connectivity index (χ4n) is 3.05. The molecule has 6 heteroatoms. The fourth-order valence-corrected chi connectivity index (χ4v) is 3.05. The Bertz CT molecular complexity index is 854. The van der Waals surface area contributed by atoms with Crippen LogP contribution in [0.3, 0.4) is 0 Å². The zero-order chi connectivity index (χ0) is 18.7. The molecule has 134 valence electrons. The van der Waals surface area contributed by atoms with E-state index in [0.29, 0.717) is 23.4 Å². The molecule has 26 heavy (non-hydrogen) atoms. The average molecular weight is 351 g/mol. The number of benzene rings is 2. The van der Waals surface area contributed by atoms with E-state index in [1.54, 1.807) is 49.6 Å². The summed E-state index contributed by atoms with van der Waals surface area (Å²) < 4.78 is 11.1. The van der Waals surface area contributed by atoms with Gasteiger partial charge in [0.25, 0.3) is 0 Å². The van der Waals surface area contributed by atoms with Crippen LogP contribution in [0, 0.1) is 11.3 Å². The highest BCUT2D eigenvalue weighted by atomic mass is 16.5. The number of urea groups is 1. The molecule has 2 aromatic carbocycles. The largest absolute Gasteiger partial charge is 0.497 e. The van der Waals surface area contributed by atoms with Gasteiger partial charge in [0.2, 0.25) is 0 Å². The third-order valence-electron chi connectivity index (χ3n) is 4.25. The number of nitriles is 1. The van der Waals surface area contributed by atoms with Crippen molar-refractivity contribution >= 4 is 11.7 Å². The number of methoxy groups -OCH3 is 1. The van der Waals surface area contributed by atoms with Crippen molar-refractivity contribution in [3.63, 3.8) is 0 Å². The first kappa shape index (κ1) is 17.6. The predicted octanol–water partition coefficient (Wildman–Crippen LogP) is 3.99. The van der Waals surface area contributed by atoms with Gasteiger partial charge in [0.1, 0.15) is 17.1 Å². The van der Waals surface area contributed by atoms with Gasteiger partial charge in [0.15, 0.2) is 0 Å². The molecule has 1 atom stereocenters. The molecule has 3 rings (SSSR count). The lowest BCUT2D eigenvalue weighted by Crippen LogP contribution is -2.42. The van der Waals surface area contributed by atoms with E-state index in [1.807, 2.05) is 13.8 Å². The molecule has 0 fully saturated rings. The van der Waals surface area contributed by atoms with Crippen molar-refractivity contribution in [2.24, 2.45) is 0 Å². The quantitative estimate of drug-likeness (QED) is 0.876. The average Bonchev–Trinajstić information content (AvgIpc) is 2.61. The molecular formula is C20H21N3O3. The second kappa shape index (κ2) is 6.96. The standard InChI is InChI=1S/C20H21N3O3/c1-20(2)11-17(16-10-13(12-21)4-9-18(16)26-20)23-19(24)22-14-5-7-15(25-3)8-6-14/h4-10,17H,11H2,1-3H3,(H2,22,23,24). The number of nitrogens with one attached hydrogen (secondary N) is 2. The van der Waals surface area contributed by atoms with E-state index in [9.17, 15) is 4.79 Å². The summed E-state index contributed by atoms with van der Waals surface area (Å²) in [6.07, 6.45) is 0.602. The van der Waals surface area contributed by atoms with Crippen LogP contribution in [0.2, 0.25) is 0 Å². The summed E-state index contributed by atoms with van der Waals surface area (Å²) in [4.78, 5) is 12.5. The predicted molar refractivity (Wildman–Crippen MR) is 98.4 cm³/mol. The van der Waals surface area contributed by atoms with Gasteiger partial charge in [0.05, 0.1) is 24.8 Å². The monoisotopic (exact) mass is 351 g/mol. The minimum absolute atomic E-state index is 0.250. The van der Waals surface area contributed by atoms with Crippen molar-refractivity contribution in [2.45, 2.75) is 31.9 Å². The van der Waals surface area contributed by atoms with Crippen LogP contribution in [-0.4, -0.2) is 18.7 Å². The second-order valence-corrected chi connectivity index (χ2v) is 6.81. The zero-order valence-corrected chi connectivity index (χ0v) is 15.0. The van der Waals surface area contributed by atoms with Crippen molar-refractivity contribution in [1.82, 2.24) is 5.32 Å². The molecule has 0 aromatic heterocycles. The first-order chi connectivity index (χ1) is 12.4. The van der Waals surface area contributed by atoms with E-state index in [0.717, 1.165) is 11.3 Å².